The van der Waals surface area contributed by atoms with Crippen molar-refractivity contribution in [1.82, 2.24) is 10.2 Å². The van der Waals surface area contributed by atoms with Gasteiger partial charge in [0.15, 0.2) is 11.5 Å². The fourth-order valence-corrected chi connectivity index (χ4v) is 6.06. The van der Waals surface area contributed by atoms with Gasteiger partial charge in [0.05, 0.1) is 11.4 Å². The number of amides is 2. The number of nitrogens with zero attached hydrogens (tertiary/aromatic N) is 2. The molecule has 0 radical (unpaired) electrons. The van der Waals surface area contributed by atoms with Crippen molar-refractivity contribution in [3.05, 3.63) is 53.8 Å². The van der Waals surface area contributed by atoms with E-state index in [1.165, 1.54) is 30.0 Å². The first-order chi connectivity index (χ1) is 18.7. The maximum atomic E-state index is 13.9. The Kier molecular flexibility index (Phi) is 9.32. The highest BCUT2D eigenvalue weighted by molar-refractivity contribution is 7.92. The number of hydrogen-bond acceptors (Lipinski definition) is 6. The highest BCUT2D eigenvalue weighted by atomic mass is 32.2. The van der Waals surface area contributed by atoms with E-state index in [0.29, 0.717) is 23.5 Å². The molecule has 1 aliphatic heterocycles. The summed E-state index contributed by atoms with van der Waals surface area (Å²) >= 11 is 0. The molecule has 212 valence electrons. The molecule has 1 heterocycles. The summed E-state index contributed by atoms with van der Waals surface area (Å²) in [5.41, 5.74) is 0.887. The van der Waals surface area contributed by atoms with Crippen molar-refractivity contribution in [1.29, 1.82) is 0 Å². The summed E-state index contributed by atoms with van der Waals surface area (Å²) in [6.07, 6.45) is 5.33. The minimum Gasteiger partial charge on any atom is -0.454 e. The summed E-state index contributed by atoms with van der Waals surface area (Å²) in [5, 5.41) is 3.10. The Morgan fingerprint density at radius 3 is 2.38 bits per heavy atom. The molecule has 1 saturated carbocycles. The number of sulfonamides is 1. The lowest BCUT2D eigenvalue weighted by Gasteiger charge is -2.34. The van der Waals surface area contributed by atoms with Gasteiger partial charge in [-0.15, -0.1) is 0 Å². The molecule has 0 saturated heterocycles. The predicted molar refractivity (Wildman–Crippen MR) is 145 cm³/mol. The van der Waals surface area contributed by atoms with Crippen molar-refractivity contribution < 1.29 is 31.9 Å². The van der Waals surface area contributed by atoms with Gasteiger partial charge in [0.1, 0.15) is 18.4 Å². The summed E-state index contributed by atoms with van der Waals surface area (Å²) in [7, 11) is -3.87. The van der Waals surface area contributed by atoms with E-state index in [9.17, 15) is 22.4 Å². The molecule has 1 aliphatic carbocycles. The van der Waals surface area contributed by atoms with Gasteiger partial charge < -0.3 is 19.7 Å². The van der Waals surface area contributed by atoms with Gasteiger partial charge in [-0.1, -0.05) is 38.3 Å². The quantitative estimate of drug-likeness (QED) is 0.445. The van der Waals surface area contributed by atoms with Crippen molar-refractivity contribution in [2.45, 2.75) is 71.0 Å². The largest absolute Gasteiger partial charge is 0.454 e. The smallest absolute Gasteiger partial charge is 0.244 e. The summed E-state index contributed by atoms with van der Waals surface area (Å²) in [4.78, 5) is 28.7. The lowest BCUT2D eigenvalue weighted by molar-refractivity contribution is -0.140. The molecule has 2 amide bonds. The first-order valence-corrected chi connectivity index (χ1v) is 15.1. The van der Waals surface area contributed by atoms with Gasteiger partial charge >= 0.3 is 0 Å². The zero-order valence-corrected chi connectivity index (χ0v) is 23.2. The van der Waals surface area contributed by atoms with Crippen LogP contribution in [0, 0.1) is 5.82 Å². The Bertz CT molecular complexity index is 1260. The standard InChI is InChI=1S/C28H36FN3O6S/c1-3-24(28(34)30-22-8-6-5-7-9-22)31(17-20-10-12-21(29)13-11-20)27(33)18-32(39(35,36)4-2)23-14-15-25-26(16-23)38-19-37-25/h10-16,22,24H,3-9,17-19H2,1-2H3,(H,30,34)/t24-/m0/s1. The topological polar surface area (TPSA) is 105 Å². The average Bonchev–Trinajstić information content (AvgIpc) is 3.41. The Labute approximate surface area is 229 Å². The Hall–Kier alpha value is -3.34. The van der Waals surface area contributed by atoms with Crippen molar-refractivity contribution in [2.75, 3.05) is 23.4 Å². The van der Waals surface area contributed by atoms with Crippen molar-refractivity contribution >= 4 is 27.5 Å². The molecule has 0 unspecified atom stereocenters. The van der Waals surface area contributed by atoms with E-state index in [2.05, 4.69) is 5.32 Å². The van der Waals surface area contributed by atoms with Crippen LogP contribution >= 0.6 is 0 Å². The summed E-state index contributed by atoms with van der Waals surface area (Å²) < 4.78 is 51.7. The van der Waals surface area contributed by atoms with E-state index >= 15 is 0 Å². The second kappa shape index (κ2) is 12.7. The SMILES string of the molecule is CC[C@@H](C(=O)NC1CCCCC1)N(Cc1ccc(F)cc1)C(=O)CN(c1ccc2c(c1)OCO2)S(=O)(=O)CC. The number of fused-ring (bicyclic) bond motifs is 1. The number of hydrogen-bond donors (Lipinski definition) is 1. The normalized spacial score (nSPS) is 16.0. The molecular formula is C28H36FN3O6S. The van der Waals surface area contributed by atoms with Gasteiger partial charge in [0.25, 0.3) is 0 Å². The van der Waals surface area contributed by atoms with Crippen molar-refractivity contribution in [3.63, 3.8) is 0 Å². The van der Waals surface area contributed by atoms with Gasteiger partial charge in [-0.25, -0.2) is 12.8 Å². The van der Waals surface area contributed by atoms with Crippen LogP contribution in [0.5, 0.6) is 11.5 Å². The summed E-state index contributed by atoms with van der Waals surface area (Å²) in [6, 6.07) is 9.61. The number of ether oxygens (including phenoxy) is 2. The lowest BCUT2D eigenvalue weighted by atomic mass is 9.95. The third-order valence-corrected chi connectivity index (χ3v) is 8.97. The molecule has 0 spiro atoms. The number of carbonyl (C=O) groups excluding carboxylic acids is 2. The van der Waals surface area contributed by atoms with Gasteiger partial charge in [0, 0.05) is 18.7 Å². The average molecular weight is 562 g/mol. The van der Waals surface area contributed by atoms with Crippen LogP contribution in [0.4, 0.5) is 10.1 Å². The Morgan fingerprint density at radius 2 is 1.72 bits per heavy atom. The maximum Gasteiger partial charge on any atom is 0.244 e. The minimum atomic E-state index is -3.87. The Morgan fingerprint density at radius 1 is 1.03 bits per heavy atom. The zero-order valence-electron chi connectivity index (χ0n) is 22.4. The molecule has 0 bridgehead atoms. The van der Waals surface area contributed by atoms with E-state index in [-0.39, 0.29) is 36.7 Å². The van der Waals surface area contributed by atoms with E-state index in [4.69, 9.17) is 9.47 Å². The van der Waals surface area contributed by atoms with Crippen molar-refractivity contribution in [3.8, 4) is 11.5 Å². The van der Waals surface area contributed by atoms with Crippen molar-refractivity contribution in [2.24, 2.45) is 0 Å². The fraction of sp³-hybridized carbons (Fsp3) is 0.500. The number of halogens is 1. The van der Waals surface area contributed by atoms with Crippen LogP contribution in [0.1, 0.15) is 57.9 Å². The van der Waals surface area contributed by atoms with Crippen LogP contribution in [0.2, 0.25) is 0 Å². The van der Waals surface area contributed by atoms with Gasteiger partial charge in [0.2, 0.25) is 28.6 Å². The van der Waals surface area contributed by atoms with Crippen LogP contribution in [0.25, 0.3) is 0 Å². The number of benzene rings is 2. The summed E-state index contributed by atoms with van der Waals surface area (Å²) in [5.74, 6) is -0.583. The molecular weight excluding hydrogens is 525 g/mol. The van der Waals surface area contributed by atoms with E-state index < -0.39 is 34.3 Å². The van der Waals surface area contributed by atoms with E-state index in [1.54, 1.807) is 24.3 Å². The molecule has 1 fully saturated rings. The summed E-state index contributed by atoms with van der Waals surface area (Å²) in [6.45, 7) is 2.86. The van der Waals surface area contributed by atoms with Gasteiger partial charge in [-0.2, -0.15) is 0 Å². The molecule has 39 heavy (non-hydrogen) atoms. The first kappa shape index (κ1) is 28.7. The fourth-order valence-electron chi connectivity index (χ4n) is 5.01. The van der Waals surface area contributed by atoms with Crippen LogP contribution in [0.15, 0.2) is 42.5 Å². The van der Waals surface area contributed by atoms with Gasteiger partial charge in [-0.05, 0) is 56.0 Å². The Balaban J connectivity index is 1.63. The van der Waals surface area contributed by atoms with Crippen LogP contribution in [0.3, 0.4) is 0 Å². The predicted octanol–water partition coefficient (Wildman–Crippen LogP) is 3.97. The number of nitrogens with one attached hydrogen (secondary N) is 1. The first-order valence-electron chi connectivity index (χ1n) is 13.5. The molecule has 2 aromatic rings. The molecule has 1 atom stereocenters. The highest BCUT2D eigenvalue weighted by Crippen LogP contribution is 2.36. The monoisotopic (exact) mass is 561 g/mol. The molecule has 1 N–H and O–H groups in total. The third kappa shape index (κ3) is 7.00. The molecule has 2 aromatic carbocycles. The number of anilines is 1. The second-order valence-electron chi connectivity index (χ2n) is 9.86. The number of rotatable bonds is 11. The minimum absolute atomic E-state index is 0.0247. The van der Waals surface area contributed by atoms with E-state index in [1.807, 2.05) is 6.92 Å². The molecule has 9 nitrogen and oxygen atoms in total. The third-order valence-electron chi connectivity index (χ3n) is 7.23. The van der Waals surface area contributed by atoms with Gasteiger partial charge in [-0.3, -0.25) is 13.9 Å². The highest BCUT2D eigenvalue weighted by Gasteiger charge is 2.34. The molecule has 0 aromatic heterocycles. The van der Waals surface area contributed by atoms with Crippen LogP contribution < -0.4 is 19.1 Å². The molecule has 2 aliphatic rings. The van der Waals surface area contributed by atoms with E-state index in [0.717, 1.165) is 36.4 Å². The van der Waals surface area contributed by atoms with Crippen LogP contribution in [-0.2, 0) is 26.2 Å². The maximum absolute atomic E-state index is 13.9. The second-order valence-corrected chi connectivity index (χ2v) is 12.0. The molecule has 4 rings (SSSR count). The molecule has 11 heteroatoms. The van der Waals surface area contributed by atoms with Crippen LogP contribution in [-0.4, -0.2) is 56.3 Å². The zero-order chi connectivity index (χ0) is 28.0. The number of carbonyl (C=O) groups is 2. The lowest BCUT2D eigenvalue weighted by Crippen LogP contribution is -2.54.